The van der Waals surface area contributed by atoms with E-state index >= 15 is 0 Å². The Morgan fingerprint density at radius 2 is 2.00 bits per heavy atom. The molecule has 25 heavy (non-hydrogen) atoms. The van der Waals surface area contributed by atoms with Gasteiger partial charge in [-0.15, -0.1) is 6.58 Å². The summed E-state index contributed by atoms with van der Waals surface area (Å²) in [6, 6.07) is 6.57. The number of amides is 1. The van der Waals surface area contributed by atoms with Crippen LogP contribution in [0.1, 0.15) is 17.0 Å². The lowest BCUT2D eigenvalue weighted by Gasteiger charge is -2.21. The Morgan fingerprint density at radius 1 is 1.32 bits per heavy atom. The molecule has 1 heterocycles. The fraction of sp³-hybridized carbons (Fsp3) is 0.278. The fourth-order valence-electron chi connectivity index (χ4n) is 2.26. The highest BCUT2D eigenvalue weighted by Crippen LogP contribution is 2.19. The number of thioether (sulfide) groups is 1. The van der Waals surface area contributed by atoms with Crippen molar-refractivity contribution in [1.82, 2.24) is 14.9 Å². The van der Waals surface area contributed by atoms with E-state index < -0.39 is 0 Å². The van der Waals surface area contributed by atoms with Gasteiger partial charge in [-0.3, -0.25) is 4.79 Å². The summed E-state index contributed by atoms with van der Waals surface area (Å²) in [5.41, 5.74) is 2.18. The molecule has 0 saturated carbocycles. The Morgan fingerprint density at radius 3 is 2.64 bits per heavy atom. The number of benzene rings is 1. The maximum Gasteiger partial charge on any atom is 0.233 e. The lowest BCUT2D eigenvalue weighted by molar-refractivity contribution is -0.128. The van der Waals surface area contributed by atoms with Crippen LogP contribution in [0.3, 0.4) is 0 Å². The second kappa shape index (κ2) is 9.10. The summed E-state index contributed by atoms with van der Waals surface area (Å²) in [6.45, 7) is 7.99. The van der Waals surface area contributed by atoms with E-state index in [9.17, 15) is 9.18 Å². The van der Waals surface area contributed by atoms with Crippen molar-refractivity contribution in [2.75, 3.05) is 12.3 Å². The maximum atomic E-state index is 14.0. The molecule has 0 fully saturated rings. The van der Waals surface area contributed by atoms with Gasteiger partial charge in [-0.25, -0.2) is 14.4 Å². The van der Waals surface area contributed by atoms with Gasteiger partial charge in [0.1, 0.15) is 5.82 Å². The van der Waals surface area contributed by atoms with Crippen LogP contribution in [0.2, 0.25) is 0 Å². The van der Waals surface area contributed by atoms with Crippen molar-refractivity contribution >= 4 is 33.6 Å². The van der Waals surface area contributed by atoms with Gasteiger partial charge in [0.25, 0.3) is 0 Å². The lowest BCUT2D eigenvalue weighted by atomic mass is 10.2. The first-order chi connectivity index (χ1) is 11.9. The van der Waals surface area contributed by atoms with Crippen LogP contribution in [0.25, 0.3) is 0 Å². The predicted molar refractivity (Wildman–Crippen MR) is 102 cm³/mol. The van der Waals surface area contributed by atoms with E-state index in [2.05, 4.69) is 32.5 Å². The summed E-state index contributed by atoms with van der Waals surface area (Å²) >= 11 is 4.60. The van der Waals surface area contributed by atoms with Gasteiger partial charge in [-0.2, -0.15) is 0 Å². The smallest absolute Gasteiger partial charge is 0.233 e. The van der Waals surface area contributed by atoms with Gasteiger partial charge in [0.05, 0.1) is 5.75 Å². The van der Waals surface area contributed by atoms with Crippen LogP contribution in [0, 0.1) is 19.7 Å². The highest BCUT2D eigenvalue weighted by Gasteiger charge is 2.16. The van der Waals surface area contributed by atoms with Gasteiger partial charge in [-0.1, -0.05) is 33.8 Å². The number of carbonyl (C=O) groups is 1. The zero-order valence-corrected chi connectivity index (χ0v) is 16.5. The third kappa shape index (κ3) is 5.93. The highest BCUT2D eigenvalue weighted by molar-refractivity contribution is 9.10. The molecule has 132 valence electrons. The second-order valence-corrected chi connectivity index (χ2v) is 7.38. The SMILES string of the molecule is C=CCN(Cc1cc(Br)ccc1F)C(=O)CSc1nc(C)cc(C)n1. The van der Waals surface area contributed by atoms with E-state index in [-0.39, 0.29) is 24.0 Å². The van der Waals surface area contributed by atoms with Gasteiger partial charge in [0, 0.05) is 34.5 Å². The summed E-state index contributed by atoms with van der Waals surface area (Å²) in [7, 11) is 0. The molecule has 2 aromatic rings. The van der Waals surface area contributed by atoms with Crippen molar-refractivity contribution < 1.29 is 9.18 Å². The Bertz CT molecular complexity index is 765. The molecule has 1 aromatic heterocycles. The van der Waals surface area contributed by atoms with Crippen LogP contribution in [0.4, 0.5) is 4.39 Å². The van der Waals surface area contributed by atoms with Gasteiger partial charge >= 0.3 is 0 Å². The van der Waals surface area contributed by atoms with E-state index in [1.54, 1.807) is 23.1 Å². The van der Waals surface area contributed by atoms with Crippen molar-refractivity contribution in [3.8, 4) is 0 Å². The molecule has 0 saturated heterocycles. The first kappa shape index (κ1) is 19.6. The zero-order chi connectivity index (χ0) is 18.4. The molecule has 0 spiro atoms. The van der Waals surface area contributed by atoms with Crippen LogP contribution in [0.15, 0.2) is 46.5 Å². The fourth-order valence-corrected chi connectivity index (χ4v) is 3.52. The third-order valence-electron chi connectivity index (χ3n) is 3.36. The van der Waals surface area contributed by atoms with Crippen LogP contribution >= 0.6 is 27.7 Å². The van der Waals surface area contributed by atoms with E-state index in [0.717, 1.165) is 15.9 Å². The number of halogens is 2. The predicted octanol–water partition coefficient (Wildman–Crippen LogP) is 4.30. The van der Waals surface area contributed by atoms with Crippen molar-refractivity contribution in [2.24, 2.45) is 0 Å². The molecule has 4 nitrogen and oxygen atoms in total. The quantitative estimate of drug-likeness (QED) is 0.378. The molecule has 0 bridgehead atoms. The lowest BCUT2D eigenvalue weighted by Crippen LogP contribution is -2.32. The molecule has 0 N–H and O–H groups in total. The summed E-state index contributed by atoms with van der Waals surface area (Å²) in [5, 5.41) is 0.568. The molecule has 2 rings (SSSR count). The molecule has 0 unspecified atom stereocenters. The first-order valence-corrected chi connectivity index (χ1v) is 9.44. The largest absolute Gasteiger partial charge is 0.334 e. The summed E-state index contributed by atoms with van der Waals surface area (Å²) in [4.78, 5) is 22.7. The number of carbonyl (C=O) groups excluding carboxylic acids is 1. The number of aromatic nitrogens is 2. The zero-order valence-electron chi connectivity index (χ0n) is 14.1. The summed E-state index contributed by atoms with van der Waals surface area (Å²) in [5.74, 6) is -0.269. The van der Waals surface area contributed by atoms with E-state index in [1.165, 1.54) is 17.8 Å². The number of hydrogen-bond acceptors (Lipinski definition) is 4. The molecule has 0 aliphatic rings. The topological polar surface area (TPSA) is 46.1 Å². The number of rotatable bonds is 7. The molecule has 0 aliphatic heterocycles. The Hall–Kier alpha value is -1.73. The molecule has 1 amide bonds. The molecule has 1 aromatic carbocycles. The third-order valence-corrected chi connectivity index (χ3v) is 4.68. The average Bonchev–Trinajstić information content (AvgIpc) is 2.54. The van der Waals surface area contributed by atoms with Crippen LogP contribution in [-0.4, -0.2) is 33.1 Å². The number of hydrogen-bond donors (Lipinski definition) is 0. The average molecular weight is 424 g/mol. The van der Waals surface area contributed by atoms with Crippen molar-refractivity contribution in [2.45, 2.75) is 25.5 Å². The minimum Gasteiger partial charge on any atom is -0.334 e. The number of nitrogens with zero attached hydrogens (tertiary/aromatic N) is 3. The highest BCUT2D eigenvalue weighted by atomic mass is 79.9. The monoisotopic (exact) mass is 423 g/mol. The van der Waals surface area contributed by atoms with Crippen LogP contribution in [0.5, 0.6) is 0 Å². The molecular weight excluding hydrogens is 405 g/mol. The Balaban J connectivity index is 2.06. The van der Waals surface area contributed by atoms with Crippen LogP contribution < -0.4 is 0 Å². The molecule has 7 heteroatoms. The van der Waals surface area contributed by atoms with Crippen molar-refractivity contribution in [3.63, 3.8) is 0 Å². The number of aryl methyl sites for hydroxylation is 2. The van der Waals surface area contributed by atoms with E-state index in [0.29, 0.717) is 17.3 Å². The molecular formula is C18H19BrFN3OS. The Labute approximate surface area is 159 Å². The molecule has 0 radical (unpaired) electrons. The van der Waals surface area contributed by atoms with Gasteiger partial charge in [0.15, 0.2) is 5.16 Å². The van der Waals surface area contributed by atoms with Gasteiger partial charge < -0.3 is 4.90 Å². The molecule has 0 aliphatic carbocycles. The first-order valence-electron chi connectivity index (χ1n) is 7.66. The minimum atomic E-state index is -0.338. The van der Waals surface area contributed by atoms with Crippen molar-refractivity contribution in [1.29, 1.82) is 0 Å². The normalized spacial score (nSPS) is 10.6. The summed E-state index contributed by atoms with van der Waals surface area (Å²) < 4.78 is 14.7. The minimum absolute atomic E-state index is 0.118. The van der Waals surface area contributed by atoms with Gasteiger partial charge in [0.2, 0.25) is 5.91 Å². The maximum absolute atomic E-state index is 14.0. The standard InChI is InChI=1S/C18H19BrFN3OS/c1-4-7-23(10-14-9-15(19)5-6-16(14)20)17(24)11-25-18-21-12(2)8-13(3)22-18/h4-6,8-9H,1,7,10-11H2,2-3H3. The van der Waals surface area contributed by atoms with Crippen LogP contribution in [-0.2, 0) is 11.3 Å². The molecule has 0 atom stereocenters. The van der Waals surface area contributed by atoms with Gasteiger partial charge in [-0.05, 0) is 38.1 Å². The van der Waals surface area contributed by atoms with Crippen molar-refractivity contribution in [3.05, 3.63) is 64.2 Å². The second-order valence-electron chi connectivity index (χ2n) is 5.52. The Kier molecular flexibility index (Phi) is 7.13. The van der Waals surface area contributed by atoms with E-state index in [1.807, 2.05) is 19.9 Å². The summed E-state index contributed by atoms with van der Waals surface area (Å²) in [6.07, 6.45) is 1.63. The van der Waals surface area contributed by atoms with E-state index in [4.69, 9.17) is 0 Å².